The number of rotatable bonds is 7. The largest absolute Gasteiger partial charge is 0.354 e. The number of aromatic nitrogens is 1. The van der Waals surface area contributed by atoms with E-state index in [0.29, 0.717) is 19.5 Å². The first-order valence-corrected chi connectivity index (χ1v) is 11.0. The smallest absolute Gasteiger partial charge is 0.307 e. The molecule has 1 N–H and O–H groups in total. The lowest BCUT2D eigenvalue weighted by Gasteiger charge is -2.36. The fourth-order valence-electron chi connectivity index (χ4n) is 3.42. The summed E-state index contributed by atoms with van der Waals surface area (Å²) < 4.78 is 1.67. The van der Waals surface area contributed by atoms with Crippen LogP contribution in [-0.4, -0.2) is 35.0 Å². The van der Waals surface area contributed by atoms with E-state index in [-0.39, 0.29) is 16.8 Å². The number of nitrogens with one attached hydrogen (secondary N) is 1. The van der Waals surface area contributed by atoms with Gasteiger partial charge in [0.1, 0.15) is 0 Å². The first kappa shape index (κ1) is 19.3. The number of hydrogen-bond donors (Lipinski definition) is 1. The van der Waals surface area contributed by atoms with Gasteiger partial charge in [0.25, 0.3) is 0 Å². The third kappa shape index (κ3) is 4.84. The molecule has 1 unspecified atom stereocenters. The van der Waals surface area contributed by atoms with Crippen LogP contribution in [0.3, 0.4) is 0 Å². The summed E-state index contributed by atoms with van der Waals surface area (Å²) in [6.07, 6.45) is 2.78. The SMILES string of the molecule is Cc1csc(=O)n1CCC(=O)NCC(c1cccs1)N1CCC(C)CC1. The maximum atomic E-state index is 12.3. The van der Waals surface area contributed by atoms with Crippen molar-refractivity contribution in [2.24, 2.45) is 5.92 Å². The molecule has 26 heavy (non-hydrogen) atoms. The van der Waals surface area contributed by atoms with Crippen molar-refractivity contribution in [1.29, 1.82) is 0 Å². The summed E-state index contributed by atoms with van der Waals surface area (Å²) in [5.41, 5.74) is 0.923. The molecule has 0 spiro atoms. The number of likely N-dealkylation sites (tertiary alicyclic amines) is 1. The molecule has 0 aliphatic carbocycles. The molecule has 1 atom stereocenters. The Bertz CT molecular complexity index is 758. The third-order valence-electron chi connectivity index (χ3n) is 5.16. The molecule has 7 heteroatoms. The zero-order chi connectivity index (χ0) is 18.5. The molecule has 0 bridgehead atoms. The van der Waals surface area contributed by atoms with E-state index in [4.69, 9.17) is 0 Å². The van der Waals surface area contributed by atoms with Gasteiger partial charge in [-0.15, -0.1) is 11.3 Å². The van der Waals surface area contributed by atoms with E-state index in [1.54, 1.807) is 15.9 Å². The van der Waals surface area contributed by atoms with Gasteiger partial charge in [0, 0.05) is 35.5 Å². The molecule has 0 aromatic carbocycles. The summed E-state index contributed by atoms with van der Waals surface area (Å²) in [7, 11) is 0. The van der Waals surface area contributed by atoms with Crippen LogP contribution in [0.1, 0.15) is 42.8 Å². The fraction of sp³-hybridized carbons (Fsp3) is 0.579. The molecule has 1 saturated heterocycles. The number of carbonyl (C=O) groups is 1. The molecule has 3 rings (SSSR count). The van der Waals surface area contributed by atoms with E-state index in [2.05, 4.69) is 34.7 Å². The molecule has 142 valence electrons. The van der Waals surface area contributed by atoms with Gasteiger partial charge >= 0.3 is 4.87 Å². The molecule has 1 fully saturated rings. The molecular weight excluding hydrogens is 366 g/mol. The second-order valence-corrected chi connectivity index (χ2v) is 8.90. The number of hydrogen-bond acceptors (Lipinski definition) is 5. The molecule has 1 amide bonds. The van der Waals surface area contributed by atoms with E-state index in [9.17, 15) is 9.59 Å². The number of amides is 1. The number of thiazole rings is 1. The Morgan fingerprint density at radius 1 is 1.35 bits per heavy atom. The first-order chi connectivity index (χ1) is 12.5. The van der Waals surface area contributed by atoms with Gasteiger partial charge in [-0.3, -0.25) is 14.5 Å². The van der Waals surface area contributed by atoms with Crippen LogP contribution in [0.15, 0.2) is 27.7 Å². The van der Waals surface area contributed by atoms with Gasteiger partial charge in [-0.25, -0.2) is 0 Å². The van der Waals surface area contributed by atoms with Crippen molar-refractivity contribution in [3.05, 3.63) is 43.1 Å². The maximum absolute atomic E-state index is 12.3. The minimum absolute atomic E-state index is 0.00852. The van der Waals surface area contributed by atoms with Gasteiger partial charge in [-0.2, -0.15) is 0 Å². The van der Waals surface area contributed by atoms with Crippen LogP contribution in [-0.2, 0) is 11.3 Å². The summed E-state index contributed by atoms with van der Waals surface area (Å²) in [5, 5.41) is 7.03. The Labute approximate surface area is 162 Å². The topological polar surface area (TPSA) is 54.3 Å². The number of thiophene rings is 1. The normalized spacial score (nSPS) is 17.3. The van der Waals surface area contributed by atoms with Gasteiger partial charge < -0.3 is 9.88 Å². The van der Waals surface area contributed by atoms with Gasteiger partial charge in [-0.1, -0.05) is 24.3 Å². The fourth-order valence-corrected chi connectivity index (χ4v) is 5.04. The average Bonchev–Trinajstić information content (AvgIpc) is 3.26. The standard InChI is InChI=1S/C19H27N3O2S2/c1-14-5-8-21(9-6-14)16(17-4-3-11-25-17)12-20-18(23)7-10-22-15(2)13-26-19(22)24/h3-4,11,13-14,16H,5-10,12H2,1-2H3,(H,20,23). The van der Waals surface area contributed by atoms with Crippen LogP contribution in [0.25, 0.3) is 0 Å². The summed E-state index contributed by atoms with van der Waals surface area (Å²) in [4.78, 5) is 27.9. The van der Waals surface area contributed by atoms with Crippen LogP contribution in [0.5, 0.6) is 0 Å². The summed E-state index contributed by atoms with van der Waals surface area (Å²) in [6.45, 7) is 7.47. The van der Waals surface area contributed by atoms with Crippen LogP contribution in [0, 0.1) is 12.8 Å². The van der Waals surface area contributed by atoms with Crippen molar-refractivity contribution in [2.75, 3.05) is 19.6 Å². The second-order valence-electron chi connectivity index (χ2n) is 7.10. The van der Waals surface area contributed by atoms with Crippen molar-refractivity contribution >= 4 is 28.6 Å². The monoisotopic (exact) mass is 393 g/mol. The number of aryl methyl sites for hydroxylation is 1. The number of piperidine rings is 1. The molecule has 1 aliphatic heterocycles. The highest BCUT2D eigenvalue weighted by Crippen LogP contribution is 2.29. The van der Waals surface area contributed by atoms with Crippen molar-refractivity contribution in [1.82, 2.24) is 14.8 Å². The Balaban J connectivity index is 1.55. The van der Waals surface area contributed by atoms with Crippen LogP contribution in [0.4, 0.5) is 0 Å². The Morgan fingerprint density at radius 3 is 2.73 bits per heavy atom. The zero-order valence-electron chi connectivity index (χ0n) is 15.4. The van der Waals surface area contributed by atoms with Gasteiger partial charge in [0.2, 0.25) is 5.91 Å². The Hall–Kier alpha value is -1.44. The highest BCUT2D eigenvalue weighted by molar-refractivity contribution is 7.10. The number of nitrogens with zero attached hydrogens (tertiary/aromatic N) is 2. The highest BCUT2D eigenvalue weighted by Gasteiger charge is 2.25. The first-order valence-electron chi connectivity index (χ1n) is 9.23. The van der Waals surface area contributed by atoms with Crippen LogP contribution >= 0.6 is 22.7 Å². The summed E-state index contributed by atoms with van der Waals surface area (Å²) >= 11 is 2.94. The van der Waals surface area contributed by atoms with Crippen molar-refractivity contribution in [3.8, 4) is 0 Å². The van der Waals surface area contributed by atoms with Gasteiger partial charge in [0.05, 0.1) is 6.04 Å². The molecule has 2 aromatic rings. The van der Waals surface area contributed by atoms with E-state index >= 15 is 0 Å². The molecule has 3 heterocycles. The quantitative estimate of drug-likeness (QED) is 0.786. The van der Waals surface area contributed by atoms with E-state index < -0.39 is 0 Å². The Morgan fingerprint density at radius 2 is 2.12 bits per heavy atom. The molecule has 2 aromatic heterocycles. The predicted molar refractivity (Wildman–Crippen MR) is 108 cm³/mol. The predicted octanol–water partition coefficient (Wildman–Crippen LogP) is 3.26. The summed E-state index contributed by atoms with van der Waals surface area (Å²) in [6, 6.07) is 4.48. The van der Waals surface area contributed by atoms with E-state index in [1.165, 1.54) is 29.1 Å². The minimum atomic E-state index is 0.00852. The van der Waals surface area contributed by atoms with E-state index in [0.717, 1.165) is 24.7 Å². The Kier molecular flexibility index (Phi) is 6.67. The van der Waals surface area contributed by atoms with E-state index in [1.807, 2.05) is 12.3 Å². The molecule has 1 aliphatic rings. The average molecular weight is 394 g/mol. The lowest BCUT2D eigenvalue weighted by molar-refractivity contribution is -0.121. The maximum Gasteiger partial charge on any atom is 0.307 e. The lowest BCUT2D eigenvalue weighted by Crippen LogP contribution is -2.41. The van der Waals surface area contributed by atoms with Crippen molar-refractivity contribution < 1.29 is 4.79 Å². The van der Waals surface area contributed by atoms with Crippen LogP contribution < -0.4 is 10.2 Å². The highest BCUT2D eigenvalue weighted by atomic mass is 32.1. The number of carbonyl (C=O) groups excluding carboxylic acids is 1. The van der Waals surface area contributed by atoms with Crippen molar-refractivity contribution in [3.63, 3.8) is 0 Å². The molecular formula is C19H27N3O2S2. The lowest BCUT2D eigenvalue weighted by atomic mass is 9.97. The molecule has 0 radical (unpaired) electrons. The van der Waals surface area contributed by atoms with Gasteiger partial charge in [-0.05, 0) is 50.2 Å². The molecule has 5 nitrogen and oxygen atoms in total. The molecule has 0 saturated carbocycles. The second kappa shape index (κ2) is 8.97. The zero-order valence-corrected chi connectivity index (χ0v) is 17.1. The minimum Gasteiger partial charge on any atom is -0.354 e. The third-order valence-corrected chi connectivity index (χ3v) is 7.02. The summed E-state index contributed by atoms with van der Waals surface area (Å²) in [5.74, 6) is 0.798. The van der Waals surface area contributed by atoms with Crippen molar-refractivity contribution in [2.45, 2.75) is 45.7 Å². The van der Waals surface area contributed by atoms with Crippen LogP contribution in [0.2, 0.25) is 0 Å². The van der Waals surface area contributed by atoms with Gasteiger partial charge in [0.15, 0.2) is 0 Å².